The Balaban J connectivity index is 1.28. The number of hydrogen-bond donors (Lipinski definition) is 3. The monoisotopic (exact) mass is 984 g/mol. The molecular weight excluding hydrogens is 911 g/mol. The summed E-state index contributed by atoms with van der Waals surface area (Å²) in [5.74, 6) is -2.64. The highest BCUT2D eigenvalue weighted by Gasteiger charge is 2.48. The summed E-state index contributed by atoms with van der Waals surface area (Å²) < 4.78 is 55.4. The van der Waals surface area contributed by atoms with Crippen LogP contribution in [0.25, 0.3) is 11.4 Å². The van der Waals surface area contributed by atoms with Crippen molar-refractivity contribution < 1.29 is 72.4 Å². The Morgan fingerprint density at radius 1 is 0.857 bits per heavy atom. The van der Waals surface area contributed by atoms with Gasteiger partial charge in [-0.3, -0.25) is 24.5 Å². The average Bonchev–Trinajstić information content (AvgIpc) is 3.36. The van der Waals surface area contributed by atoms with Crippen LogP contribution in [-0.4, -0.2) is 188 Å². The molecule has 0 amide bonds. The fourth-order valence-electron chi connectivity index (χ4n) is 9.39. The number of ketones is 1. The zero-order valence-corrected chi connectivity index (χ0v) is 41.8. The lowest BCUT2D eigenvalue weighted by Crippen LogP contribution is -2.63. The second-order valence-electron chi connectivity index (χ2n) is 19.0. The van der Waals surface area contributed by atoms with Gasteiger partial charge in [0.1, 0.15) is 42.4 Å². The van der Waals surface area contributed by atoms with E-state index in [1.807, 2.05) is 39.0 Å². The summed E-state index contributed by atoms with van der Waals surface area (Å²) in [6.07, 6.45) is 2.45. The number of fused-ring (bicyclic) bond motifs is 3. The number of aliphatic hydroxyl groups is 3. The number of hydrogen-bond acceptors (Lipinski definition) is 20. The quantitative estimate of drug-likeness (QED) is 0.205. The predicted octanol–water partition coefficient (Wildman–Crippen LogP) is 3.06. The van der Waals surface area contributed by atoms with E-state index in [0.717, 1.165) is 11.1 Å². The third kappa shape index (κ3) is 14.7. The van der Waals surface area contributed by atoms with Crippen LogP contribution in [0.15, 0.2) is 65.9 Å². The molecule has 2 bridgehead atoms. The van der Waals surface area contributed by atoms with E-state index < -0.39 is 97.3 Å². The van der Waals surface area contributed by atoms with E-state index >= 15 is 0 Å². The molecule has 0 saturated carbocycles. The second kappa shape index (κ2) is 26.5. The Morgan fingerprint density at radius 2 is 1.61 bits per heavy atom. The van der Waals surface area contributed by atoms with E-state index in [2.05, 4.69) is 20.1 Å². The van der Waals surface area contributed by atoms with E-state index in [1.165, 1.54) is 14.2 Å². The number of ether oxygens (including phenoxy) is 9. The van der Waals surface area contributed by atoms with Crippen LogP contribution in [0.5, 0.6) is 0 Å². The molecule has 0 radical (unpaired) electrons. The van der Waals surface area contributed by atoms with Crippen molar-refractivity contribution in [1.82, 2.24) is 19.9 Å². The van der Waals surface area contributed by atoms with Gasteiger partial charge in [-0.1, -0.05) is 42.8 Å². The molecule has 3 N–H and O–H groups in total. The molecule has 2 aromatic heterocycles. The molecule has 2 aromatic rings. The van der Waals surface area contributed by atoms with Gasteiger partial charge in [0.15, 0.2) is 18.4 Å². The van der Waals surface area contributed by atoms with Crippen LogP contribution in [0.4, 0.5) is 0 Å². The number of carbonyl (C=O) groups is 2. The van der Waals surface area contributed by atoms with Gasteiger partial charge >= 0.3 is 5.97 Å². The van der Waals surface area contributed by atoms with Gasteiger partial charge in [-0.15, -0.1) is 0 Å². The first-order valence-corrected chi connectivity index (χ1v) is 24.1. The van der Waals surface area contributed by atoms with E-state index in [9.17, 15) is 24.9 Å². The minimum absolute atomic E-state index is 0.0209. The van der Waals surface area contributed by atoms with Crippen molar-refractivity contribution in [3.63, 3.8) is 0 Å². The Labute approximate surface area is 410 Å². The summed E-state index contributed by atoms with van der Waals surface area (Å²) >= 11 is 0. The highest BCUT2D eigenvalue weighted by molar-refractivity contribution is 5.91. The molecule has 20 nitrogen and oxygen atoms in total. The number of oxime groups is 1. The maximum Gasteiger partial charge on any atom is 0.308 e. The predicted molar refractivity (Wildman–Crippen MR) is 253 cm³/mol. The topological polar surface area (TPSA) is 241 Å². The van der Waals surface area contributed by atoms with Crippen molar-refractivity contribution in [2.24, 2.45) is 28.8 Å². The molecule has 4 aliphatic heterocycles. The van der Waals surface area contributed by atoms with Crippen molar-refractivity contribution in [2.75, 3.05) is 61.3 Å². The van der Waals surface area contributed by atoms with Gasteiger partial charge in [-0.2, -0.15) is 0 Å². The fraction of sp³-hybridized carbons (Fsp3) is 0.680. The number of methoxy groups -OCH3 is 2. The molecular formula is C50H73N5O15. The first kappa shape index (κ1) is 55.2. The van der Waals surface area contributed by atoms with Crippen LogP contribution in [0, 0.1) is 23.7 Å². The van der Waals surface area contributed by atoms with Crippen molar-refractivity contribution in [2.45, 2.75) is 134 Å². The maximum absolute atomic E-state index is 14.1. The third-order valence-corrected chi connectivity index (χ3v) is 13.5. The van der Waals surface area contributed by atoms with E-state index in [0.29, 0.717) is 29.9 Å². The van der Waals surface area contributed by atoms with Crippen LogP contribution in [0.2, 0.25) is 0 Å². The van der Waals surface area contributed by atoms with Crippen LogP contribution < -0.4 is 0 Å². The number of esters is 1. The van der Waals surface area contributed by atoms with Gasteiger partial charge in [-0.25, -0.2) is 0 Å². The standard InChI is InChI=1S/C50H73N5O15/c1-28-10-13-39(56)29(2)19-35-14-17-63-26-36(54-67-25-33-11-12-37(53-21-33)38-22-51-15-16-52-38)27-64-40(30(3)46(35)70-49-45(60)42(55(6)7)43(58)31(4)68-49)20-41(57)65-23-34(18-28)24-66-50-48(62-9)47(61-8)44(59)32(5)69-50/h10-13,15-16,18,21-22,29-32,34-35,40,42-50,58-60H,14,17,19-20,23-27H2,1-9H3/b13-10+,28-18+,54-36+/t29-,30+,31-,32-,34+,35?,40-,42+,43-,44-,45-,46-,47-,48-,49+,50-/m1/s1. The summed E-state index contributed by atoms with van der Waals surface area (Å²) in [5.41, 5.74) is 3.20. The van der Waals surface area contributed by atoms with Crippen molar-refractivity contribution in [1.29, 1.82) is 0 Å². The van der Waals surface area contributed by atoms with Gasteiger partial charge in [0.2, 0.25) is 0 Å². The van der Waals surface area contributed by atoms with E-state index in [4.69, 9.17) is 47.5 Å². The molecule has 70 heavy (non-hydrogen) atoms. The smallest absolute Gasteiger partial charge is 0.308 e. The Morgan fingerprint density at radius 3 is 2.31 bits per heavy atom. The second-order valence-corrected chi connectivity index (χ2v) is 19.0. The van der Waals surface area contributed by atoms with Crippen LogP contribution >= 0.6 is 0 Å². The molecule has 16 atom stereocenters. The number of carbonyl (C=O) groups excluding carboxylic acids is 2. The lowest BCUT2D eigenvalue weighted by molar-refractivity contribution is -0.305. The SMILES string of the molecule is CO[C@@H]1[C@H](O)[C@@H](C)O[C@@H](OC[C@H]2/C=C(C)/C=C/C(=O)[C@H](C)CC3CCOC/C(=N\OCc4ccc(-c5cnccn5)nc4)CO[C@H](CC(=O)OC2)[C@H](C)[C@H]3O[C@@H]2O[C@H](C)[C@@H](O)[C@H](N(C)C)[C@H]2O)[C@@H]1OC. The summed E-state index contributed by atoms with van der Waals surface area (Å²) in [5, 5.41) is 37.9. The van der Waals surface area contributed by atoms with Gasteiger partial charge in [0.25, 0.3) is 0 Å². The number of rotatable bonds is 12. The van der Waals surface area contributed by atoms with Gasteiger partial charge in [-0.05, 0) is 65.8 Å². The van der Waals surface area contributed by atoms with Crippen molar-refractivity contribution in [3.8, 4) is 11.4 Å². The molecule has 6 rings (SSSR count). The Kier molecular flexibility index (Phi) is 20.9. The first-order valence-electron chi connectivity index (χ1n) is 24.1. The summed E-state index contributed by atoms with van der Waals surface area (Å²) in [6, 6.07) is 2.97. The minimum Gasteiger partial charge on any atom is -0.465 e. The molecule has 0 aliphatic carbocycles. The van der Waals surface area contributed by atoms with Gasteiger partial charge in [0.05, 0.1) is 81.3 Å². The lowest BCUT2D eigenvalue weighted by Gasteiger charge is -2.47. The third-order valence-electron chi connectivity index (χ3n) is 13.5. The van der Waals surface area contributed by atoms with Gasteiger partial charge in [0, 0.05) is 62.7 Å². The number of nitrogens with zero attached hydrogens (tertiary/aromatic N) is 5. The highest BCUT2D eigenvalue weighted by Crippen LogP contribution is 2.36. The number of allylic oxidation sites excluding steroid dienone is 3. The largest absolute Gasteiger partial charge is 0.465 e. The van der Waals surface area contributed by atoms with Crippen molar-refractivity contribution in [3.05, 3.63) is 66.3 Å². The Bertz CT molecular complexity index is 2040. The zero-order chi connectivity index (χ0) is 50.5. The van der Waals surface area contributed by atoms with E-state index in [-0.39, 0.29) is 57.8 Å². The average molecular weight is 984 g/mol. The van der Waals surface area contributed by atoms with E-state index in [1.54, 1.807) is 69.8 Å². The molecule has 388 valence electrons. The molecule has 0 aromatic carbocycles. The van der Waals surface area contributed by atoms with Gasteiger partial charge < -0.3 is 67.7 Å². The summed E-state index contributed by atoms with van der Waals surface area (Å²) in [4.78, 5) is 48.5. The molecule has 0 spiro atoms. The van der Waals surface area contributed by atoms with Crippen LogP contribution in [-0.2, 0) is 63.7 Å². The summed E-state index contributed by atoms with van der Waals surface area (Å²) in [6.45, 7) is 9.24. The molecule has 6 heterocycles. The number of aromatic nitrogens is 3. The fourth-order valence-corrected chi connectivity index (χ4v) is 9.39. The molecule has 3 saturated heterocycles. The minimum atomic E-state index is -1.26. The number of aliphatic hydroxyl groups excluding tert-OH is 3. The molecule has 20 heteroatoms. The summed E-state index contributed by atoms with van der Waals surface area (Å²) in [7, 11) is 6.49. The number of pyridine rings is 1. The lowest BCUT2D eigenvalue weighted by atomic mass is 9.79. The highest BCUT2D eigenvalue weighted by atomic mass is 16.7. The molecule has 4 aliphatic rings. The zero-order valence-electron chi connectivity index (χ0n) is 41.8. The molecule has 3 fully saturated rings. The maximum atomic E-state index is 14.1. The first-order chi connectivity index (χ1) is 33.6. The number of likely N-dealkylation sites (N-methyl/N-ethyl adjacent to an activating group) is 1. The Hall–Kier alpha value is -4.16. The normalized spacial score (nSPS) is 37.3. The van der Waals surface area contributed by atoms with Crippen LogP contribution in [0.3, 0.4) is 0 Å². The van der Waals surface area contributed by atoms with Crippen molar-refractivity contribution >= 4 is 17.5 Å². The number of cyclic esters (lactones) is 1. The van der Waals surface area contributed by atoms with Crippen LogP contribution in [0.1, 0.15) is 59.4 Å². The molecule has 1 unspecified atom stereocenters.